The van der Waals surface area contributed by atoms with Crippen molar-refractivity contribution in [2.24, 2.45) is 0 Å². The van der Waals surface area contributed by atoms with Crippen molar-refractivity contribution in [1.82, 2.24) is 40.2 Å². The van der Waals surface area contributed by atoms with Crippen molar-refractivity contribution in [2.75, 3.05) is 20.1 Å². The van der Waals surface area contributed by atoms with E-state index in [1.807, 2.05) is 12.3 Å². The van der Waals surface area contributed by atoms with Crippen LogP contribution in [0.1, 0.15) is 24.3 Å². The number of piperidine rings is 1. The van der Waals surface area contributed by atoms with Gasteiger partial charge in [0.2, 0.25) is 0 Å². The van der Waals surface area contributed by atoms with Gasteiger partial charge in [-0.1, -0.05) is 12.1 Å². The number of pyridine rings is 1. The van der Waals surface area contributed by atoms with E-state index in [2.05, 4.69) is 60.5 Å². The first-order valence-electron chi connectivity index (χ1n) is 10.3. The third-order valence-corrected chi connectivity index (χ3v) is 6.17. The fourth-order valence-corrected chi connectivity index (χ4v) is 4.46. The monoisotopic (exact) mass is 398 g/mol. The number of para-hydroxylation sites is 1. The van der Waals surface area contributed by atoms with E-state index in [-0.39, 0.29) is 0 Å². The second-order valence-corrected chi connectivity index (χ2v) is 8.08. The average molecular weight is 398 g/mol. The molecule has 0 radical (unpaired) electrons. The van der Waals surface area contributed by atoms with Gasteiger partial charge in [-0.3, -0.25) is 15.2 Å². The lowest BCUT2D eigenvalue weighted by Gasteiger charge is -2.29. The Kier molecular flexibility index (Phi) is 3.92. The minimum atomic E-state index is 0.550. The fourth-order valence-electron chi connectivity index (χ4n) is 4.46. The molecule has 1 fully saturated rings. The van der Waals surface area contributed by atoms with Crippen LogP contribution in [0.3, 0.4) is 0 Å². The molecule has 0 amide bonds. The van der Waals surface area contributed by atoms with Crippen molar-refractivity contribution >= 4 is 21.9 Å². The van der Waals surface area contributed by atoms with Crippen LogP contribution in [0.15, 0.2) is 42.9 Å². The lowest BCUT2D eigenvalue weighted by Crippen LogP contribution is -2.29. The molecule has 3 N–H and O–H groups in total. The normalized spacial score (nSPS) is 16.0. The van der Waals surface area contributed by atoms with Gasteiger partial charge in [-0.15, -0.1) is 0 Å². The molecule has 5 heterocycles. The van der Waals surface area contributed by atoms with E-state index < -0.39 is 0 Å². The lowest BCUT2D eigenvalue weighted by molar-refractivity contribution is 0.256. The smallest absolute Gasteiger partial charge is 0.159 e. The van der Waals surface area contributed by atoms with Gasteiger partial charge in [-0.05, 0) is 56.6 Å². The van der Waals surface area contributed by atoms with Crippen LogP contribution < -0.4 is 0 Å². The summed E-state index contributed by atoms with van der Waals surface area (Å²) in [6.45, 7) is 2.26. The summed E-state index contributed by atoms with van der Waals surface area (Å²) in [4.78, 5) is 15.4. The van der Waals surface area contributed by atoms with Gasteiger partial charge in [0, 0.05) is 17.1 Å². The molecule has 8 nitrogen and oxygen atoms in total. The van der Waals surface area contributed by atoms with Crippen molar-refractivity contribution in [3.8, 4) is 22.8 Å². The molecule has 5 aromatic rings. The quantitative estimate of drug-likeness (QED) is 0.430. The minimum absolute atomic E-state index is 0.550. The Balaban J connectivity index is 1.45. The highest BCUT2D eigenvalue weighted by molar-refractivity contribution is 5.94. The number of nitrogens with one attached hydrogen (secondary N) is 3. The molecule has 0 unspecified atom stereocenters. The van der Waals surface area contributed by atoms with Crippen molar-refractivity contribution in [3.05, 3.63) is 48.4 Å². The van der Waals surface area contributed by atoms with Crippen LogP contribution >= 0.6 is 0 Å². The number of benzene rings is 1. The predicted molar refractivity (Wildman–Crippen MR) is 116 cm³/mol. The molecular formula is C22H22N8. The molecule has 1 aliphatic rings. The van der Waals surface area contributed by atoms with Crippen LogP contribution in [0.2, 0.25) is 0 Å². The summed E-state index contributed by atoms with van der Waals surface area (Å²) >= 11 is 0. The number of hydrogen-bond donors (Lipinski definition) is 3. The van der Waals surface area contributed by atoms with Gasteiger partial charge >= 0.3 is 0 Å². The number of H-pyrrole nitrogens is 3. The number of fused-ring (bicyclic) bond motifs is 2. The average Bonchev–Trinajstić information content (AvgIpc) is 3.52. The van der Waals surface area contributed by atoms with E-state index in [1.54, 1.807) is 12.4 Å². The number of imidazole rings is 1. The SMILES string of the molecule is CN1CCC(c2cccc3[nH]c(-c4n[nH]c5cnc(-c6cn[nH]c6)cc45)nc23)CC1. The number of likely N-dealkylation sites (tertiary alicyclic amines) is 1. The van der Waals surface area contributed by atoms with Gasteiger partial charge in [-0.25, -0.2) is 4.98 Å². The third-order valence-electron chi connectivity index (χ3n) is 6.17. The Bertz CT molecular complexity index is 1320. The standard InChI is InChI=1S/C22H22N8/c1-30-7-5-13(6-8-30)15-3-2-4-17-20(15)27-22(26-17)21-16-9-18(14-10-24-25-11-14)23-12-19(16)28-29-21/h2-4,9-13H,5-8H2,1H3,(H,24,25)(H,26,27)(H,28,29). The highest BCUT2D eigenvalue weighted by atomic mass is 15.1. The maximum Gasteiger partial charge on any atom is 0.159 e. The number of nitrogens with zero attached hydrogens (tertiary/aromatic N) is 5. The summed E-state index contributed by atoms with van der Waals surface area (Å²) < 4.78 is 0. The molecule has 6 rings (SSSR count). The van der Waals surface area contributed by atoms with Crippen LogP contribution in [0.5, 0.6) is 0 Å². The van der Waals surface area contributed by atoms with Gasteiger partial charge in [-0.2, -0.15) is 10.2 Å². The van der Waals surface area contributed by atoms with Gasteiger partial charge in [0.1, 0.15) is 5.69 Å². The number of aromatic amines is 3. The van der Waals surface area contributed by atoms with E-state index in [4.69, 9.17) is 4.98 Å². The van der Waals surface area contributed by atoms with Crippen LogP contribution in [-0.4, -0.2) is 60.4 Å². The Hall–Kier alpha value is -3.52. The van der Waals surface area contributed by atoms with E-state index in [1.165, 1.54) is 18.4 Å². The Morgan fingerprint density at radius 3 is 2.83 bits per heavy atom. The van der Waals surface area contributed by atoms with Crippen molar-refractivity contribution in [2.45, 2.75) is 18.8 Å². The maximum absolute atomic E-state index is 5.00. The van der Waals surface area contributed by atoms with Gasteiger partial charge in [0.15, 0.2) is 5.82 Å². The second-order valence-electron chi connectivity index (χ2n) is 8.08. The molecule has 0 spiro atoms. The molecule has 4 aromatic heterocycles. The van der Waals surface area contributed by atoms with Gasteiger partial charge in [0.25, 0.3) is 0 Å². The predicted octanol–water partition coefficient (Wildman–Crippen LogP) is 3.70. The maximum atomic E-state index is 5.00. The number of rotatable bonds is 3. The summed E-state index contributed by atoms with van der Waals surface area (Å²) in [5.74, 6) is 1.33. The van der Waals surface area contributed by atoms with E-state index >= 15 is 0 Å². The molecule has 0 bridgehead atoms. The first-order valence-corrected chi connectivity index (χ1v) is 10.3. The van der Waals surface area contributed by atoms with E-state index in [0.717, 1.165) is 57.8 Å². The van der Waals surface area contributed by atoms with Crippen LogP contribution in [0.4, 0.5) is 0 Å². The minimum Gasteiger partial charge on any atom is -0.337 e. The van der Waals surface area contributed by atoms with Crippen molar-refractivity contribution in [3.63, 3.8) is 0 Å². The van der Waals surface area contributed by atoms with E-state index in [0.29, 0.717) is 5.92 Å². The van der Waals surface area contributed by atoms with Crippen LogP contribution in [0, 0.1) is 0 Å². The summed E-state index contributed by atoms with van der Waals surface area (Å²) in [7, 11) is 2.19. The van der Waals surface area contributed by atoms with Gasteiger partial charge < -0.3 is 9.88 Å². The first kappa shape index (κ1) is 17.3. The zero-order chi connectivity index (χ0) is 20.1. The molecule has 0 aliphatic carbocycles. The molecule has 0 saturated carbocycles. The highest BCUT2D eigenvalue weighted by Gasteiger charge is 2.22. The Morgan fingerprint density at radius 1 is 1.10 bits per heavy atom. The largest absolute Gasteiger partial charge is 0.337 e. The molecule has 8 heteroatoms. The number of aromatic nitrogens is 7. The fraction of sp³-hybridized carbons (Fsp3) is 0.273. The molecule has 1 aromatic carbocycles. The van der Waals surface area contributed by atoms with E-state index in [9.17, 15) is 0 Å². The number of hydrogen-bond acceptors (Lipinski definition) is 5. The molecule has 0 atom stereocenters. The van der Waals surface area contributed by atoms with Crippen LogP contribution in [-0.2, 0) is 0 Å². The highest BCUT2D eigenvalue weighted by Crippen LogP contribution is 2.34. The summed E-state index contributed by atoms with van der Waals surface area (Å²) in [6.07, 6.45) is 7.75. The van der Waals surface area contributed by atoms with Crippen molar-refractivity contribution < 1.29 is 0 Å². The summed E-state index contributed by atoms with van der Waals surface area (Å²) in [5.41, 5.74) is 6.93. The molecule has 1 aliphatic heterocycles. The van der Waals surface area contributed by atoms with Crippen molar-refractivity contribution in [1.29, 1.82) is 0 Å². The van der Waals surface area contributed by atoms with Crippen LogP contribution in [0.25, 0.3) is 44.7 Å². The third kappa shape index (κ3) is 2.80. The topological polar surface area (TPSA) is 102 Å². The Labute approximate surface area is 172 Å². The van der Waals surface area contributed by atoms with Gasteiger partial charge in [0.05, 0.1) is 34.6 Å². The summed E-state index contributed by atoms with van der Waals surface area (Å²) in [5, 5.41) is 15.5. The zero-order valence-corrected chi connectivity index (χ0v) is 16.7. The molecular weight excluding hydrogens is 376 g/mol. The second kappa shape index (κ2) is 6.77. The zero-order valence-electron chi connectivity index (χ0n) is 16.7. The summed E-state index contributed by atoms with van der Waals surface area (Å²) in [6, 6.07) is 8.48. The molecule has 30 heavy (non-hydrogen) atoms. The first-order chi connectivity index (χ1) is 14.8. The molecule has 150 valence electrons. The lowest BCUT2D eigenvalue weighted by atomic mass is 9.89. The Morgan fingerprint density at radius 2 is 2.00 bits per heavy atom. The molecule has 1 saturated heterocycles.